The van der Waals surface area contributed by atoms with Crippen molar-refractivity contribution < 1.29 is 19.4 Å². The zero-order chi connectivity index (χ0) is 13.9. The fourth-order valence-corrected chi connectivity index (χ4v) is 2.01. The number of ether oxygens (including phenoxy) is 2. The number of carbonyl (C=O) groups excluding carboxylic acids is 1. The van der Waals surface area contributed by atoms with E-state index in [4.69, 9.17) is 9.47 Å². The molecule has 19 heavy (non-hydrogen) atoms. The van der Waals surface area contributed by atoms with Crippen molar-refractivity contribution in [3.8, 4) is 0 Å². The molecule has 1 atom stereocenters. The highest BCUT2D eigenvalue weighted by atomic mass is 16.5. The summed E-state index contributed by atoms with van der Waals surface area (Å²) >= 11 is 0. The van der Waals surface area contributed by atoms with Crippen LogP contribution in [0.1, 0.15) is 19.8 Å². The highest BCUT2D eigenvalue weighted by Gasteiger charge is 2.11. The highest BCUT2D eigenvalue weighted by Crippen LogP contribution is 1.98. The lowest BCUT2D eigenvalue weighted by Gasteiger charge is -2.26. The van der Waals surface area contributed by atoms with E-state index >= 15 is 0 Å². The molecule has 0 saturated carbocycles. The maximum Gasteiger partial charge on any atom is 0.308 e. The van der Waals surface area contributed by atoms with Crippen LogP contribution in [0.4, 0.5) is 0 Å². The molecule has 6 heteroatoms. The van der Waals surface area contributed by atoms with Gasteiger partial charge >= 0.3 is 5.97 Å². The van der Waals surface area contributed by atoms with Crippen LogP contribution in [0, 0.1) is 0 Å². The lowest BCUT2D eigenvalue weighted by atomic mass is 10.2. The fourth-order valence-electron chi connectivity index (χ4n) is 2.01. The predicted molar refractivity (Wildman–Crippen MR) is 72.0 cm³/mol. The normalized spacial score (nSPS) is 18.2. The summed E-state index contributed by atoms with van der Waals surface area (Å²) < 4.78 is 10.1. The molecule has 0 aromatic rings. The van der Waals surface area contributed by atoms with Crippen LogP contribution in [0.3, 0.4) is 0 Å². The standard InChI is InChI=1S/C13H26N2O4/c1-2-19-13(17)10-12(16)11-14-4-3-5-15-6-8-18-9-7-15/h12,14,16H,2-11H2,1H3. The molecule has 0 aromatic heterocycles. The van der Waals surface area contributed by atoms with Crippen LogP contribution in [0.15, 0.2) is 0 Å². The molecule has 0 radical (unpaired) electrons. The maximum absolute atomic E-state index is 11.1. The van der Waals surface area contributed by atoms with Crippen molar-refractivity contribution in [1.29, 1.82) is 0 Å². The van der Waals surface area contributed by atoms with Gasteiger partial charge in [-0.3, -0.25) is 9.69 Å². The second kappa shape index (κ2) is 10.1. The van der Waals surface area contributed by atoms with E-state index in [9.17, 15) is 9.90 Å². The van der Waals surface area contributed by atoms with E-state index in [0.29, 0.717) is 13.2 Å². The van der Waals surface area contributed by atoms with Crippen molar-refractivity contribution >= 4 is 5.97 Å². The van der Waals surface area contributed by atoms with Gasteiger partial charge in [0.1, 0.15) is 0 Å². The zero-order valence-electron chi connectivity index (χ0n) is 11.8. The van der Waals surface area contributed by atoms with Crippen molar-refractivity contribution in [3.63, 3.8) is 0 Å². The number of morpholine rings is 1. The minimum atomic E-state index is -0.664. The average molecular weight is 274 g/mol. The third kappa shape index (κ3) is 8.15. The molecule has 2 N–H and O–H groups in total. The van der Waals surface area contributed by atoms with Crippen LogP contribution in [0.5, 0.6) is 0 Å². The Balaban J connectivity index is 1.93. The SMILES string of the molecule is CCOC(=O)CC(O)CNCCCN1CCOCC1. The van der Waals surface area contributed by atoms with Crippen molar-refractivity contribution in [2.75, 3.05) is 52.5 Å². The number of hydrogen-bond acceptors (Lipinski definition) is 6. The number of esters is 1. The predicted octanol–water partition coefficient (Wildman–Crippen LogP) is -0.388. The Morgan fingerprint density at radius 3 is 2.89 bits per heavy atom. The largest absolute Gasteiger partial charge is 0.466 e. The van der Waals surface area contributed by atoms with E-state index in [0.717, 1.165) is 45.8 Å². The summed E-state index contributed by atoms with van der Waals surface area (Å²) in [5.74, 6) is -0.342. The smallest absolute Gasteiger partial charge is 0.308 e. The Kier molecular flexibility index (Phi) is 8.73. The summed E-state index contributed by atoms with van der Waals surface area (Å²) in [4.78, 5) is 13.5. The number of nitrogens with one attached hydrogen (secondary N) is 1. The topological polar surface area (TPSA) is 71.0 Å². The summed E-state index contributed by atoms with van der Waals surface area (Å²) in [5, 5.41) is 12.8. The van der Waals surface area contributed by atoms with Gasteiger partial charge < -0.3 is 19.9 Å². The Morgan fingerprint density at radius 2 is 2.21 bits per heavy atom. The van der Waals surface area contributed by atoms with Crippen LogP contribution >= 0.6 is 0 Å². The molecule has 0 amide bonds. The van der Waals surface area contributed by atoms with E-state index in [1.807, 2.05) is 0 Å². The molecule has 0 bridgehead atoms. The van der Waals surface area contributed by atoms with Crippen LogP contribution in [-0.2, 0) is 14.3 Å². The van der Waals surface area contributed by atoms with Gasteiger partial charge in [-0.1, -0.05) is 0 Å². The van der Waals surface area contributed by atoms with Crippen LogP contribution in [-0.4, -0.2) is 74.6 Å². The summed E-state index contributed by atoms with van der Waals surface area (Å²) in [6, 6.07) is 0. The second-order valence-electron chi connectivity index (χ2n) is 4.67. The van der Waals surface area contributed by atoms with Crippen LogP contribution < -0.4 is 5.32 Å². The maximum atomic E-state index is 11.1. The molecular formula is C13H26N2O4. The number of rotatable bonds is 9. The monoisotopic (exact) mass is 274 g/mol. The molecular weight excluding hydrogens is 248 g/mol. The molecule has 1 aliphatic rings. The first kappa shape index (κ1) is 16.4. The Labute approximate surface area is 115 Å². The number of hydrogen-bond donors (Lipinski definition) is 2. The molecule has 1 heterocycles. The lowest BCUT2D eigenvalue weighted by Crippen LogP contribution is -2.38. The lowest BCUT2D eigenvalue weighted by molar-refractivity contribution is -0.145. The molecule has 0 spiro atoms. The fraction of sp³-hybridized carbons (Fsp3) is 0.923. The third-order valence-electron chi connectivity index (χ3n) is 3.02. The number of carbonyl (C=O) groups is 1. The zero-order valence-corrected chi connectivity index (χ0v) is 11.8. The first-order chi connectivity index (χ1) is 9.22. The van der Waals surface area contributed by atoms with E-state index in [1.54, 1.807) is 6.92 Å². The molecule has 0 aromatic carbocycles. The third-order valence-corrected chi connectivity index (χ3v) is 3.02. The Morgan fingerprint density at radius 1 is 1.47 bits per heavy atom. The van der Waals surface area contributed by atoms with Crippen molar-refractivity contribution in [2.24, 2.45) is 0 Å². The van der Waals surface area contributed by atoms with Gasteiger partial charge in [0.2, 0.25) is 0 Å². The number of aliphatic hydroxyl groups excluding tert-OH is 1. The van der Waals surface area contributed by atoms with E-state index < -0.39 is 6.10 Å². The van der Waals surface area contributed by atoms with Gasteiger partial charge in [0.15, 0.2) is 0 Å². The number of nitrogens with zero attached hydrogens (tertiary/aromatic N) is 1. The van der Waals surface area contributed by atoms with Gasteiger partial charge in [-0.2, -0.15) is 0 Å². The average Bonchev–Trinajstić information content (AvgIpc) is 2.39. The molecule has 1 fully saturated rings. The minimum absolute atomic E-state index is 0.0598. The first-order valence-corrected chi connectivity index (χ1v) is 7.07. The second-order valence-corrected chi connectivity index (χ2v) is 4.67. The summed E-state index contributed by atoms with van der Waals surface area (Å²) in [5.41, 5.74) is 0. The van der Waals surface area contributed by atoms with Crippen molar-refractivity contribution in [2.45, 2.75) is 25.9 Å². The molecule has 1 saturated heterocycles. The summed E-state index contributed by atoms with van der Waals surface area (Å²) in [7, 11) is 0. The van der Waals surface area contributed by atoms with Gasteiger partial charge in [0.05, 0.1) is 32.3 Å². The molecule has 112 valence electrons. The Bertz CT molecular complexity index is 245. The van der Waals surface area contributed by atoms with Crippen molar-refractivity contribution in [3.05, 3.63) is 0 Å². The van der Waals surface area contributed by atoms with Crippen LogP contribution in [0.2, 0.25) is 0 Å². The van der Waals surface area contributed by atoms with E-state index in [1.165, 1.54) is 0 Å². The number of aliphatic hydroxyl groups is 1. The van der Waals surface area contributed by atoms with Gasteiger partial charge in [-0.05, 0) is 26.4 Å². The Hall–Kier alpha value is -0.690. The van der Waals surface area contributed by atoms with Gasteiger partial charge in [-0.25, -0.2) is 0 Å². The van der Waals surface area contributed by atoms with Crippen LogP contribution in [0.25, 0.3) is 0 Å². The van der Waals surface area contributed by atoms with Gasteiger partial charge in [-0.15, -0.1) is 0 Å². The molecule has 0 aliphatic carbocycles. The highest BCUT2D eigenvalue weighted by molar-refractivity contribution is 5.69. The molecule has 6 nitrogen and oxygen atoms in total. The quantitative estimate of drug-likeness (QED) is 0.441. The molecule has 1 rings (SSSR count). The van der Waals surface area contributed by atoms with Gasteiger partial charge in [0, 0.05) is 19.6 Å². The van der Waals surface area contributed by atoms with Crippen molar-refractivity contribution in [1.82, 2.24) is 10.2 Å². The van der Waals surface area contributed by atoms with E-state index in [2.05, 4.69) is 10.2 Å². The first-order valence-electron chi connectivity index (χ1n) is 7.07. The summed E-state index contributed by atoms with van der Waals surface area (Å²) in [6.07, 6.45) is 0.429. The van der Waals surface area contributed by atoms with E-state index in [-0.39, 0.29) is 12.4 Å². The van der Waals surface area contributed by atoms with Gasteiger partial charge in [0.25, 0.3) is 0 Å². The molecule has 1 aliphatic heterocycles. The molecule has 1 unspecified atom stereocenters. The minimum Gasteiger partial charge on any atom is -0.466 e. The summed E-state index contributed by atoms with van der Waals surface area (Å²) in [6.45, 7) is 8.10.